The Morgan fingerprint density at radius 3 is 1.60 bits per heavy atom. The number of allylic oxidation sites excluding steroid dienone is 1. The molecular formula is C68H120O28. The van der Waals surface area contributed by atoms with Gasteiger partial charge in [0.1, 0.15) is 121 Å². The zero-order valence-corrected chi connectivity index (χ0v) is 58.3. The average Bonchev–Trinajstić information content (AvgIpc) is 0.714. The first-order valence-electron chi connectivity index (χ1n) is 34.7. The third-order valence-corrected chi connectivity index (χ3v) is 24.9. The monoisotopic (exact) mass is 1380 g/mol. The summed E-state index contributed by atoms with van der Waals surface area (Å²) in [5, 5.41) is 208. The fraction of sp³-hybridized carbons (Fsp3) is 0.971. The van der Waals surface area contributed by atoms with Gasteiger partial charge in [-0.1, -0.05) is 60.1 Å². The number of hydrogen-bond donors (Lipinski definition) is 19. The first-order valence-corrected chi connectivity index (χ1v) is 34.7. The van der Waals surface area contributed by atoms with Gasteiger partial charge < -0.3 is 140 Å². The molecule has 0 aromatic heterocycles. The Kier molecular flexibility index (Phi) is 25.4. The van der Waals surface area contributed by atoms with Crippen LogP contribution in [0.3, 0.4) is 0 Å². The minimum absolute atomic E-state index is 0.0353. The van der Waals surface area contributed by atoms with E-state index in [1.54, 1.807) is 20.8 Å². The van der Waals surface area contributed by atoms with Crippen LogP contribution in [-0.2, 0) is 42.6 Å². The predicted molar refractivity (Wildman–Crippen MR) is 339 cm³/mol. The average molecular weight is 1390 g/mol. The normalized spacial score (nSPS) is 50.2. The van der Waals surface area contributed by atoms with Gasteiger partial charge in [-0.2, -0.15) is 0 Å². The van der Waals surface area contributed by atoms with Crippen LogP contribution in [0, 0.1) is 57.7 Å². The summed E-state index contributed by atoms with van der Waals surface area (Å²) < 4.78 is 55.6. The molecule has 28 heteroatoms. The van der Waals surface area contributed by atoms with Crippen LogP contribution in [0.1, 0.15) is 135 Å². The molecule has 4 heterocycles. The summed E-state index contributed by atoms with van der Waals surface area (Å²) in [5.74, 6) is -2.36. The van der Waals surface area contributed by atoms with E-state index in [1.807, 2.05) is 0 Å². The van der Waals surface area contributed by atoms with Crippen LogP contribution in [0.25, 0.3) is 0 Å². The SMILES string of the molecule is CC(CCC(OC[C@@]1(C)OC(COC[C@@]2(C)OC(CO)[C@H](O)C(O)[C@H]2O)[C@H](O)C(O)[C@H]1O[C@@]1(C)OC(CO)[C@H](O)C(O)[C@H]1O)C(C)(C)O)[C@H](C)C1CC(O)[C@]2(C)C3CCC(OC[C@]4(C)CC(COC[C@]5(C)OC(CO)[C@@H](O)[C@@H](O)C5O)[C@@H](O)[C@@H](O)C4O)C(C)(C)C3=CCC2[C@H]1C. The van der Waals surface area contributed by atoms with Crippen LogP contribution in [0.15, 0.2) is 11.6 Å². The van der Waals surface area contributed by atoms with E-state index < -0.39 is 218 Å². The predicted octanol–water partition coefficient (Wildman–Crippen LogP) is -2.95. The standard InChI is InChI=1S/C68H120O28/c1-31(14-18-45(62(6,7)87)91-30-66(11)60(96-68(13)59(86)54(81)49(76)41(24-71)95-68)55(82)50(77)42(94-66)26-89-29-65(10)58(85)53(80)48(75)40(23-70)93-65)32(2)35-20-43(72)67(12)36(33(35)3)15-16-37-38(67)17-19-44(61(37,4)5)90-27-63(8)21-34(46(73)51(78)56(63)83)25-88-28-64(9)57(84)52(79)47(74)39(22-69)92-64/h16,31-36,38-60,69-87H,14-15,17-30H2,1-13H3/t31?,32-,33-,34?,35?,36?,38?,39?,40?,41?,42?,43?,44?,45?,46+,47+,48-,49-,50-,51+,52+,53?,54?,55?,56?,57?,58+,59+,60+,63-,64-,65+,66+,67-,68+/m0/s1. The van der Waals surface area contributed by atoms with E-state index in [0.717, 1.165) is 12.8 Å². The summed E-state index contributed by atoms with van der Waals surface area (Å²) >= 11 is 0. The van der Waals surface area contributed by atoms with E-state index in [-0.39, 0.29) is 67.9 Å². The van der Waals surface area contributed by atoms with E-state index in [9.17, 15) is 97.0 Å². The highest BCUT2D eigenvalue weighted by Gasteiger charge is 2.63. The van der Waals surface area contributed by atoms with Crippen molar-refractivity contribution in [1.29, 1.82) is 0 Å². The van der Waals surface area contributed by atoms with Gasteiger partial charge in [0, 0.05) is 22.2 Å². The zero-order chi connectivity index (χ0) is 71.7. The molecule has 7 fully saturated rings. The van der Waals surface area contributed by atoms with Gasteiger partial charge in [0.25, 0.3) is 0 Å². The molecule has 0 spiro atoms. The molecule has 35 atom stereocenters. The lowest BCUT2D eigenvalue weighted by molar-refractivity contribution is -0.402. The van der Waals surface area contributed by atoms with Crippen LogP contribution in [0.5, 0.6) is 0 Å². The molecule has 19 N–H and O–H groups in total. The Balaban J connectivity index is 0.914. The lowest BCUT2D eigenvalue weighted by Gasteiger charge is -2.62. The molecule has 28 nitrogen and oxygen atoms in total. The maximum atomic E-state index is 12.6. The van der Waals surface area contributed by atoms with Crippen molar-refractivity contribution in [3.8, 4) is 0 Å². The number of fused-ring (bicyclic) bond motifs is 3. The molecule has 0 aromatic carbocycles. The lowest BCUT2D eigenvalue weighted by Crippen LogP contribution is -2.72. The molecule has 560 valence electrons. The molecule has 17 unspecified atom stereocenters. The molecule has 4 aliphatic heterocycles. The summed E-state index contributed by atoms with van der Waals surface area (Å²) in [7, 11) is 0. The topological polar surface area (TPSA) is 467 Å². The molecule has 3 saturated carbocycles. The third kappa shape index (κ3) is 15.3. The Hall–Kier alpha value is -1.38. The summed E-state index contributed by atoms with van der Waals surface area (Å²) in [6, 6.07) is 0. The van der Waals surface area contributed by atoms with Crippen LogP contribution in [0.4, 0.5) is 0 Å². The van der Waals surface area contributed by atoms with E-state index >= 15 is 0 Å². The van der Waals surface area contributed by atoms with Gasteiger partial charge in [0.15, 0.2) is 5.79 Å². The second-order valence-corrected chi connectivity index (χ2v) is 32.7. The largest absolute Gasteiger partial charge is 0.394 e. The van der Waals surface area contributed by atoms with Gasteiger partial charge in [0.2, 0.25) is 0 Å². The van der Waals surface area contributed by atoms with Gasteiger partial charge >= 0.3 is 0 Å². The van der Waals surface area contributed by atoms with Crippen molar-refractivity contribution >= 4 is 0 Å². The van der Waals surface area contributed by atoms with E-state index in [0.29, 0.717) is 25.7 Å². The van der Waals surface area contributed by atoms with Crippen molar-refractivity contribution in [1.82, 2.24) is 0 Å². The van der Waals surface area contributed by atoms with Crippen molar-refractivity contribution in [2.45, 2.75) is 297 Å². The zero-order valence-electron chi connectivity index (χ0n) is 58.3. The van der Waals surface area contributed by atoms with Crippen molar-refractivity contribution in [3.63, 3.8) is 0 Å². The van der Waals surface area contributed by atoms with Crippen LogP contribution in [0.2, 0.25) is 0 Å². The number of aliphatic hydroxyl groups is 19. The second kappa shape index (κ2) is 30.4. The molecule has 4 aliphatic carbocycles. The molecule has 0 bridgehead atoms. The van der Waals surface area contributed by atoms with Gasteiger partial charge in [-0.25, -0.2) is 0 Å². The number of ether oxygens (including phenoxy) is 9. The number of aliphatic hydroxyl groups excluding tert-OH is 18. The molecule has 8 rings (SSSR count). The van der Waals surface area contributed by atoms with E-state index in [1.165, 1.54) is 33.3 Å². The van der Waals surface area contributed by atoms with Crippen LogP contribution < -0.4 is 0 Å². The van der Waals surface area contributed by atoms with Gasteiger partial charge in [-0.15, -0.1) is 0 Å². The Morgan fingerprint density at radius 2 is 1.06 bits per heavy atom. The molecular weight excluding hydrogens is 1260 g/mol. The minimum atomic E-state index is -2.24. The van der Waals surface area contributed by atoms with E-state index in [4.69, 9.17) is 42.6 Å². The maximum absolute atomic E-state index is 12.6. The molecule has 0 radical (unpaired) electrons. The van der Waals surface area contributed by atoms with Crippen molar-refractivity contribution in [2.24, 2.45) is 57.7 Å². The highest BCUT2D eigenvalue weighted by atomic mass is 16.7. The number of rotatable bonds is 25. The Labute approximate surface area is 564 Å². The van der Waals surface area contributed by atoms with Crippen molar-refractivity contribution in [2.75, 3.05) is 59.5 Å². The fourth-order valence-electron chi connectivity index (χ4n) is 18.0. The molecule has 0 amide bonds. The fourth-order valence-corrected chi connectivity index (χ4v) is 18.0. The first kappa shape index (κ1) is 80.3. The highest BCUT2D eigenvalue weighted by molar-refractivity contribution is 5.29. The van der Waals surface area contributed by atoms with Gasteiger partial charge in [-0.3, -0.25) is 0 Å². The van der Waals surface area contributed by atoms with E-state index in [2.05, 4.69) is 47.6 Å². The molecule has 0 aromatic rings. The summed E-state index contributed by atoms with van der Waals surface area (Å²) in [6.07, 6.45) is -25.9. The van der Waals surface area contributed by atoms with Crippen molar-refractivity contribution in [3.05, 3.63) is 11.6 Å². The number of hydrogen-bond acceptors (Lipinski definition) is 28. The van der Waals surface area contributed by atoms with Crippen LogP contribution >= 0.6 is 0 Å². The summed E-state index contributed by atoms with van der Waals surface area (Å²) in [5.41, 5.74) is -7.30. The third-order valence-electron chi connectivity index (χ3n) is 24.9. The molecule has 4 saturated heterocycles. The molecule has 96 heavy (non-hydrogen) atoms. The minimum Gasteiger partial charge on any atom is -0.394 e. The van der Waals surface area contributed by atoms with Gasteiger partial charge in [-0.05, 0) is 122 Å². The summed E-state index contributed by atoms with van der Waals surface area (Å²) in [6.45, 7) is 19.9. The maximum Gasteiger partial charge on any atom is 0.195 e. The van der Waals surface area contributed by atoms with Gasteiger partial charge in [0.05, 0.1) is 95.6 Å². The lowest BCUT2D eigenvalue weighted by atomic mass is 9.44. The Bertz CT molecular complexity index is 2540. The molecule has 8 aliphatic rings. The first-order chi connectivity index (χ1) is 44.5. The quantitative estimate of drug-likeness (QED) is 0.0406. The van der Waals surface area contributed by atoms with Crippen LogP contribution in [-0.4, -0.2) is 319 Å². The highest BCUT2D eigenvalue weighted by Crippen LogP contribution is 2.64. The summed E-state index contributed by atoms with van der Waals surface area (Å²) in [4.78, 5) is 0. The smallest absolute Gasteiger partial charge is 0.195 e. The van der Waals surface area contributed by atoms with Crippen molar-refractivity contribution < 1.29 is 140 Å². The second-order valence-electron chi connectivity index (χ2n) is 32.7. The Morgan fingerprint density at radius 1 is 0.562 bits per heavy atom.